The van der Waals surface area contributed by atoms with Crippen LogP contribution < -0.4 is 0 Å². The number of hydrogen-bond acceptors (Lipinski definition) is 6. The van der Waals surface area contributed by atoms with Crippen LogP contribution in [0.25, 0.3) is 0 Å². The highest BCUT2D eigenvalue weighted by molar-refractivity contribution is 5.77. The highest BCUT2D eigenvalue weighted by Gasteiger charge is 2.39. The summed E-state index contributed by atoms with van der Waals surface area (Å²) in [6.45, 7) is 6.75. The second-order valence-corrected chi connectivity index (χ2v) is 7.68. The molecule has 27 heavy (non-hydrogen) atoms. The van der Waals surface area contributed by atoms with Gasteiger partial charge in [-0.15, -0.1) is 0 Å². The van der Waals surface area contributed by atoms with E-state index in [0.717, 1.165) is 38.3 Å². The summed E-state index contributed by atoms with van der Waals surface area (Å²) in [7, 11) is 2.00. The topological polar surface area (TPSA) is 76.9 Å². The SMILES string of the molecule is CC(=O)OCC1(CC(=O)N2CCOCC2)CCN(Cc2nccn2C)CC1. The van der Waals surface area contributed by atoms with E-state index in [2.05, 4.69) is 9.88 Å². The first kappa shape index (κ1) is 19.8. The maximum Gasteiger partial charge on any atom is 0.302 e. The van der Waals surface area contributed by atoms with Gasteiger partial charge in [-0.1, -0.05) is 0 Å². The highest BCUT2D eigenvalue weighted by atomic mass is 16.5. The normalized spacial score (nSPS) is 20.4. The molecule has 0 radical (unpaired) electrons. The number of aromatic nitrogens is 2. The van der Waals surface area contributed by atoms with Crippen molar-refractivity contribution in [2.45, 2.75) is 32.7 Å². The first-order valence-corrected chi connectivity index (χ1v) is 9.65. The van der Waals surface area contributed by atoms with Crippen LogP contribution in [0, 0.1) is 5.41 Å². The van der Waals surface area contributed by atoms with Gasteiger partial charge in [0.2, 0.25) is 5.91 Å². The number of morpholine rings is 1. The van der Waals surface area contributed by atoms with Crippen LogP contribution in [0.2, 0.25) is 0 Å². The number of carbonyl (C=O) groups excluding carboxylic acids is 2. The minimum Gasteiger partial charge on any atom is -0.465 e. The fourth-order valence-electron chi connectivity index (χ4n) is 3.81. The molecule has 2 aliphatic rings. The molecule has 1 aromatic rings. The molecule has 0 bridgehead atoms. The van der Waals surface area contributed by atoms with Crippen LogP contribution in [0.5, 0.6) is 0 Å². The third kappa shape index (κ3) is 5.29. The number of likely N-dealkylation sites (tertiary alicyclic amines) is 1. The Bertz CT molecular complexity index is 646. The molecule has 8 nitrogen and oxygen atoms in total. The molecule has 0 aliphatic carbocycles. The number of amides is 1. The lowest BCUT2D eigenvalue weighted by Gasteiger charge is -2.42. The maximum atomic E-state index is 12.8. The smallest absolute Gasteiger partial charge is 0.302 e. The lowest BCUT2D eigenvalue weighted by atomic mass is 9.75. The predicted octanol–water partition coefficient (Wildman–Crippen LogP) is 0.814. The van der Waals surface area contributed by atoms with Gasteiger partial charge in [0.15, 0.2) is 0 Å². The first-order chi connectivity index (χ1) is 13.0. The lowest BCUT2D eigenvalue weighted by Crippen LogP contribution is -2.47. The van der Waals surface area contributed by atoms with E-state index >= 15 is 0 Å². The van der Waals surface area contributed by atoms with Gasteiger partial charge in [0.25, 0.3) is 0 Å². The van der Waals surface area contributed by atoms with Crippen molar-refractivity contribution in [3.8, 4) is 0 Å². The van der Waals surface area contributed by atoms with Crippen molar-refractivity contribution >= 4 is 11.9 Å². The monoisotopic (exact) mass is 378 g/mol. The molecule has 0 atom stereocenters. The molecule has 2 aliphatic heterocycles. The molecular weight excluding hydrogens is 348 g/mol. The number of aryl methyl sites for hydroxylation is 1. The van der Waals surface area contributed by atoms with E-state index < -0.39 is 0 Å². The molecule has 3 rings (SSSR count). The van der Waals surface area contributed by atoms with E-state index in [9.17, 15) is 9.59 Å². The van der Waals surface area contributed by atoms with Gasteiger partial charge in [0.05, 0.1) is 26.4 Å². The van der Waals surface area contributed by atoms with Gasteiger partial charge in [-0.05, 0) is 25.9 Å². The Morgan fingerprint density at radius 1 is 1.22 bits per heavy atom. The number of imidazole rings is 1. The average Bonchev–Trinajstić information content (AvgIpc) is 3.07. The Labute approximate surface area is 160 Å². The number of carbonyl (C=O) groups is 2. The first-order valence-electron chi connectivity index (χ1n) is 9.65. The van der Waals surface area contributed by atoms with Crippen molar-refractivity contribution in [2.75, 3.05) is 46.0 Å². The van der Waals surface area contributed by atoms with Gasteiger partial charge in [0.1, 0.15) is 5.82 Å². The number of nitrogens with zero attached hydrogens (tertiary/aromatic N) is 4. The molecule has 0 spiro atoms. The van der Waals surface area contributed by atoms with Crippen molar-refractivity contribution in [2.24, 2.45) is 12.5 Å². The fraction of sp³-hybridized carbons (Fsp3) is 0.737. The number of hydrogen-bond donors (Lipinski definition) is 0. The number of esters is 1. The standard InChI is InChI=1S/C19H30N4O4/c1-16(24)27-15-19(13-18(25)23-9-11-26-12-10-23)3-6-22(7-4-19)14-17-20-5-8-21(17)2/h5,8H,3-4,6-7,9-15H2,1-2H3. The van der Waals surface area contributed by atoms with Crippen molar-refractivity contribution in [1.29, 1.82) is 0 Å². The molecule has 0 saturated carbocycles. The molecule has 150 valence electrons. The third-order valence-corrected chi connectivity index (χ3v) is 5.67. The average molecular weight is 378 g/mol. The Hall–Kier alpha value is -1.93. The summed E-state index contributed by atoms with van der Waals surface area (Å²) in [5.74, 6) is 0.888. The lowest BCUT2D eigenvalue weighted by molar-refractivity contribution is -0.150. The quantitative estimate of drug-likeness (QED) is 0.682. The van der Waals surface area contributed by atoms with E-state index in [-0.39, 0.29) is 17.3 Å². The molecule has 0 unspecified atom stereocenters. The molecule has 0 N–H and O–H groups in total. The van der Waals surface area contributed by atoms with E-state index in [1.807, 2.05) is 28.9 Å². The van der Waals surface area contributed by atoms with Crippen LogP contribution in [-0.2, 0) is 32.7 Å². The van der Waals surface area contributed by atoms with Crippen LogP contribution in [0.3, 0.4) is 0 Å². The van der Waals surface area contributed by atoms with Crippen molar-refractivity contribution in [1.82, 2.24) is 19.4 Å². The molecule has 1 aromatic heterocycles. The van der Waals surface area contributed by atoms with Crippen LogP contribution in [0.1, 0.15) is 32.0 Å². The zero-order valence-corrected chi connectivity index (χ0v) is 16.4. The summed E-state index contributed by atoms with van der Waals surface area (Å²) >= 11 is 0. The number of piperidine rings is 1. The highest BCUT2D eigenvalue weighted by Crippen LogP contribution is 2.36. The molecular formula is C19H30N4O4. The van der Waals surface area contributed by atoms with Crippen molar-refractivity contribution in [3.05, 3.63) is 18.2 Å². The third-order valence-electron chi connectivity index (χ3n) is 5.67. The second-order valence-electron chi connectivity index (χ2n) is 7.68. The zero-order chi connectivity index (χ0) is 19.3. The van der Waals surface area contributed by atoms with Gasteiger partial charge in [0, 0.05) is 51.3 Å². The predicted molar refractivity (Wildman–Crippen MR) is 98.8 cm³/mol. The van der Waals surface area contributed by atoms with Gasteiger partial charge >= 0.3 is 5.97 Å². The van der Waals surface area contributed by atoms with Gasteiger partial charge < -0.3 is 18.9 Å². The molecule has 1 amide bonds. The van der Waals surface area contributed by atoms with Crippen molar-refractivity contribution in [3.63, 3.8) is 0 Å². The summed E-state index contributed by atoms with van der Waals surface area (Å²) in [6, 6.07) is 0. The number of rotatable bonds is 6. The Morgan fingerprint density at radius 2 is 1.93 bits per heavy atom. The van der Waals surface area contributed by atoms with Gasteiger partial charge in [-0.3, -0.25) is 14.5 Å². The van der Waals surface area contributed by atoms with Crippen molar-refractivity contribution < 1.29 is 19.1 Å². The van der Waals surface area contributed by atoms with E-state index in [4.69, 9.17) is 9.47 Å². The van der Waals surface area contributed by atoms with E-state index in [1.165, 1.54) is 6.92 Å². The van der Waals surface area contributed by atoms with Crippen LogP contribution in [-0.4, -0.2) is 77.2 Å². The van der Waals surface area contributed by atoms with Crippen LogP contribution in [0.4, 0.5) is 0 Å². The second kappa shape index (κ2) is 8.84. The minimum atomic E-state index is -0.288. The molecule has 2 saturated heterocycles. The molecule has 3 heterocycles. The maximum absolute atomic E-state index is 12.8. The Morgan fingerprint density at radius 3 is 2.52 bits per heavy atom. The van der Waals surface area contributed by atoms with Crippen LogP contribution in [0.15, 0.2) is 12.4 Å². The fourth-order valence-corrected chi connectivity index (χ4v) is 3.81. The zero-order valence-electron chi connectivity index (χ0n) is 16.4. The molecule has 2 fully saturated rings. The van der Waals surface area contributed by atoms with E-state index in [0.29, 0.717) is 39.3 Å². The summed E-state index contributed by atoms with van der Waals surface area (Å²) in [5.41, 5.74) is -0.279. The largest absolute Gasteiger partial charge is 0.465 e. The Balaban J connectivity index is 1.60. The summed E-state index contributed by atoms with van der Waals surface area (Å²) < 4.78 is 12.7. The summed E-state index contributed by atoms with van der Waals surface area (Å²) in [5, 5.41) is 0. The number of ether oxygens (including phenoxy) is 2. The van der Waals surface area contributed by atoms with Gasteiger partial charge in [-0.25, -0.2) is 4.98 Å². The summed E-state index contributed by atoms with van der Waals surface area (Å²) in [4.78, 5) is 32.8. The molecule has 8 heteroatoms. The molecule has 0 aromatic carbocycles. The van der Waals surface area contributed by atoms with E-state index in [1.54, 1.807) is 0 Å². The van der Waals surface area contributed by atoms with Crippen LogP contribution >= 0.6 is 0 Å². The van der Waals surface area contributed by atoms with Gasteiger partial charge in [-0.2, -0.15) is 0 Å². The summed E-state index contributed by atoms with van der Waals surface area (Å²) in [6.07, 6.45) is 5.86. The minimum absolute atomic E-state index is 0.142. The Kier molecular flexibility index (Phi) is 6.49.